The van der Waals surface area contributed by atoms with Crippen LogP contribution in [0.25, 0.3) is 0 Å². The van der Waals surface area contributed by atoms with Crippen molar-refractivity contribution in [3.05, 3.63) is 142 Å². The standard InChI is InChI=1S/C50H59N5O11S/c1-5-27-64-50-47(54(4)67(61,62)41-22-17-37(18-23-41)52-34(3)58)30-45(53-65-31-35-15-19-39(20-16-35)55(59)60)43-28-36(12-6-8-25-56)42(14-7-9-26-57)48(49(43)50)44-29-40(21-24-46(44)66-50)63-32-38-13-10-11-33(2)51-38/h5,10-11,13,15-24,28-29,36,42,47-49,56-57H,1,6-9,12,14,25-27,30-32H2,2-4H3,(H,52,58)/t36-,42+,47-,48+,49+,50+/m0/s1. The number of hydrogen-bond donors (Lipinski definition) is 3. The lowest BCUT2D eigenvalue weighted by molar-refractivity contribution is -0.384. The molecule has 1 saturated carbocycles. The summed E-state index contributed by atoms with van der Waals surface area (Å²) in [5, 5.41) is 38.7. The smallest absolute Gasteiger partial charge is 0.269 e. The van der Waals surface area contributed by atoms with Crippen molar-refractivity contribution in [2.45, 2.75) is 94.6 Å². The summed E-state index contributed by atoms with van der Waals surface area (Å²) in [7, 11) is -2.82. The number of allylic oxidation sites excluding steroid dienone is 1. The van der Waals surface area contributed by atoms with Gasteiger partial charge in [0.05, 0.1) is 39.8 Å². The van der Waals surface area contributed by atoms with Crippen molar-refractivity contribution in [1.82, 2.24) is 9.29 Å². The van der Waals surface area contributed by atoms with E-state index in [1.165, 1.54) is 54.7 Å². The second kappa shape index (κ2) is 21.8. The highest BCUT2D eigenvalue weighted by Crippen LogP contribution is 2.62. The van der Waals surface area contributed by atoms with Gasteiger partial charge in [-0.25, -0.2) is 8.42 Å². The van der Waals surface area contributed by atoms with E-state index in [0.717, 1.165) is 35.4 Å². The molecule has 0 radical (unpaired) electrons. The minimum Gasteiger partial charge on any atom is -0.487 e. The van der Waals surface area contributed by atoms with Crippen LogP contribution >= 0.6 is 0 Å². The number of carbonyl (C=O) groups excluding carboxylic acids is 1. The van der Waals surface area contributed by atoms with E-state index in [1.54, 1.807) is 18.2 Å². The van der Waals surface area contributed by atoms with E-state index in [2.05, 4.69) is 23.0 Å². The van der Waals surface area contributed by atoms with Gasteiger partial charge >= 0.3 is 0 Å². The number of fused-ring (bicyclic) bond motifs is 2. The Bertz CT molecular complexity index is 2570. The zero-order valence-electron chi connectivity index (χ0n) is 38.1. The van der Waals surface area contributed by atoms with Crippen LogP contribution in [0.2, 0.25) is 0 Å². The van der Waals surface area contributed by atoms with E-state index in [4.69, 9.17) is 24.2 Å². The van der Waals surface area contributed by atoms with Crippen LogP contribution in [0.15, 0.2) is 119 Å². The highest BCUT2D eigenvalue weighted by atomic mass is 32.2. The number of nitro benzene ring substituents is 1. The van der Waals surface area contributed by atoms with Crippen LogP contribution in [-0.4, -0.2) is 83.2 Å². The van der Waals surface area contributed by atoms with Gasteiger partial charge in [-0.05, 0) is 122 Å². The van der Waals surface area contributed by atoms with Crippen LogP contribution in [0.1, 0.15) is 80.3 Å². The predicted octanol–water partition coefficient (Wildman–Crippen LogP) is 7.99. The fourth-order valence-corrected chi connectivity index (χ4v) is 11.1. The van der Waals surface area contributed by atoms with Gasteiger partial charge in [0.2, 0.25) is 21.7 Å². The van der Waals surface area contributed by atoms with E-state index in [1.807, 2.05) is 43.3 Å². The summed E-state index contributed by atoms with van der Waals surface area (Å²) in [5.41, 5.74) is 4.73. The number of aliphatic hydroxyl groups excluding tert-OH is 2. The predicted molar refractivity (Wildman–Crippen MR) is 252 cm³/mol. The number of carbonyl (C=O) groups is 1. The number of rotatable bonds is 22. The molecule has 1 fully saturated rings. The highest BCUT2D eigenvalue weighted by Gasteiger charge is 2.65. The van der Waals surface area contributed by atoms with Crippen molar-refractivity contribution in [1.29, 1.82) is 0 Å². The molecule has 67 heavy (non-hydrogen) atoms. The molecule has 2 aliphatic carbocycles. The summed E-state index contributed by atoms with van der Waals surface area (Å²) < 4.78 is 51.7. The molecule has 3 aliphatic rings. The molecule has 6 atom stereocenters. The number of nitro groups is 1. The van der Waals surface area contributed by atoms with Gasteiger partial charge in [0.1, 0.15) is 24.7 Å². The van der Waals surface area contributed by atoms with Crippen molar-refractivity contribution in [2.24, 2.45) is 22.9 Å². The SMILES string of the molecule is C=CCO[C@@]12Oc3ccc(OCc4cccc(C)n4)cc3[C@H]3[C@H](CCCCO)[C@@H](CCCCO)C=C(C(=NOCc4ccc([N+](=O)[O-])cc4)C[C@@H]1N(C)S(=O)(=O)c1ccc(NC(C)=O)cc1)[C@H]32. The number of benzene rings is 3. The van der Waals surface area contributed by atoms with Crippen LogP contribution in [0.4, 0.5) is 11.4 Å². The lowest BCUT2D eigenvalue weighted by Gasteiger charge is -2.59. The monoisotopic (exact) mass is 937 g/mol. The molecule has 0 unspecified atom stereocenters. The molecule has 0 spiro atoms. The second-order valence-electron chi connectivity index (χ2n) is 17.3. The number of aryl methyl sites for hydroxylation is 1. The first-order valence-electron chi connectivity index (χ1n) is 22.6. The summed E-state index contributed by atoms with van der Waals surface area (Å²) >= 11 is 0. The number of sulfonamides is 1. The number of nitrogens with one attached hydrogen (secondary N) is 1. The zero-order chi connectivity index (χ0) is 47.7. The number of oxime groups is 1. The maximum atomic E-state index is 14.9. The number of ether oxygens (including phenoxy) is 3. The number of aromatic nitrogens is 1. The van der Waals surface area contributed by atoms with Crippen LogP contribution in [0.3, 0.4) is 0 Å². The zero-order valence-corrected chi connectivity index (χ0v) is 38.9. The number of non-ortho nitro benzene ring substituents is 1. The van der Waals surface area contributed by atoms with Crippen LogP contribution < -0.4 is 14.8 Å². The summed E-state index contributed by atoms with van der Waals surface area (Å²) in [6.45, 7) is 7.51. The molecule has 3 aromatic carbocycles. The first-order chi connectivity index (χ1) is 32.3. The molecule has 17 heteroatoms. The van der Waals surface area contributed by atoms with Gasteiger partial charge in [-0.1, -0.05) is 36.2 Å². The van der Waals surface area contributed by atoms with Crippen molar-refractivity contribution >= 4 is 33.0 Å². The third-order valence-electron chi connectivity index (χ3n) is 12.8. The number of aliphatic hydroxyl groups is 2. The van der Waals surface area contributed by atoms with E-state index in [-0.39, 0.29) is 73.7 Å². The third kappa shape index (κ3) is 10.9. The molecule has 0 saturated heterocycles. The minimum absolute atomic E-state index is 0.00451. The van der Waals surface area contributed by atoms with Gasteiger partial charge < -0.3 is 34.6 Å². The van der Waals surface area contributed by atoms with Crippen LogP contribution in [-0.2, 0) is 37.6 Å². The van der Waals surface area contributed by atoms with Crippen LogP contribution in [0.5, 0.6) is 11.5 Å². The Balaban J connectivity index is 1.40. The summed E-state index contributed by atoms with van der Waals surface area (Å²) in [6, 6.07) is 22.3. The number of hydrogen-bond acceptors (Lipinski definition) is 13. The average molecular weight is 938 g/mol. The largest absolute Gasteiger partial charge is 0.487 e. The Morgan fingerprint density at radius 3 is 2.43 bits per heavy atom. The number of unbranched alkanes of at least 4 members (excludes halogenated alkanes) is 2. The highest BCUT2D eigenvalue weighted by molar-refractivity contribution is 7.89. The molecule has 356 valence electrons. The molecule has 7 rings (SSSR count). The molecule has 2 heterocycles. The van der Waals surface area contributed by atoms with Crippen molar-refractivity contribution in [3.8, 4) is 11.5 Å². The van der Waals surface area contributed by atoms with Gasteiger partial charge in [-0.3, -0.25) is 19.9 Å². The molecule has 4 aromatic rings. The molecular weight excluding hydrogens is 879 g/mol. The molecule has 1 amide bonds. The second-order valence-corrected chi connectivity index (χ2v) is 19.3. The lowest BCUT2D eigenvalue weighted by atomic mass is 9.55. The number of likely N-dealkylation sites (N-methyl/N-ethyl adjacent to an activating group) is 1. The van der Waals surface area contributed by atoms with E-state index in [9.17, 15) is 33.5 Å². The van der Waals surface area contributed by atoms with Crippen LogP contribution in [0, 0.1) is 34.8 Å². The molecule has 16 nitrogen and oxygen atoms in total. The normalized spacial score (nSPS) is 22.5. The molecule has 1 aliphatic heterocycles. The Morgan fingerprint density at radius 2 is 1.76 bits per heavy atom. The molecule has 0 bridgehead atoms. The first kappa shape index (κ1) is 48.9. The summed E-state index contributed by atoms with van der Waals surface area (Å²) in [6.07, 6.45) is 7.85. The lowest BCUT2D eigenvalue weighted by Crippen LogP contribution is -2.69. The van der Waals surface area contributed by atoms with Gasteiger partial charge in [-0.15, -0.1) is 6.58 Å². The minimum atomic E-state index is -4.31. The Morgan fingerprint density at radius 1 is 1.03 bits per heavy atom. The number of nitrogens with zero attached hydrogens (tertiary/aromatic N) is 4. The Labute approximate surface area is 391 Å². The van der Waals surface area contributed by atoms with E-state index in [0.29, 0.717) is 54.1 Å². The average Bonchev–Trinajstić information content (AvgIpc) is 3.31. The van der Waals surface area contributed by atoms with Gasteiger partial charge in [0, 0.05) is 68.6 Å². The number of pyridine rings is 1. The molecule has 3 N–H and O–H groups in total. The van der Waals surface area contributed by atoms with Gasteiger partial charge in [0.15, 0.2) is 0 Å². The fraction of sp³-hybridized carbons (Fsp3) is 0.420. The molecule has 1 aromatic heterocycles. The van der Waals surface area contributed by atoms with Crippen molar-refractivity contribution in [3.63, 3.8) is 0 Å². The number of anilines is 1. The van der Waals surface area contributed by atoms with Crippen molar-refractivity contribution in [2.75, 3.05) is 32.2 Å². The van der Waals surface area contributed by atoms with E-state index < -0.39 is 32.7 Å². The Hall–Kier alpha value is -5.98. The maximum Gasteiger partial charge on any atom is 0.269 e. The fourth-order valence-electron chi connectivity index (χ4n) is 9.78. The molecular formula is C50H59N5O11S. The van der Waals surface area contributed by atoms with E-state index >= 15 is 0 Å². The number of amides is 1. The first-order valence-corrected chi connectivity index (χ1v) is 24.1. The van der Waals surface area contributed by atoms with Gasteiger partial charge in [0.25, 0.3) is 5.69 Å². The summed E-state index contributed by atoms with van der Waals surface area (Å²) in [5.74, 6) is -2.05. The summed E-state index contributed by atoms with van der Waals surface area (Å²) in [4.78, 5) is 33.4. The topological polar surface area (TPSA) is 212 Å². The van der Waals surface area contributed by atoms with Gasteiger partial charge in [-0.2, -0.15) is 4.31 Å². The maximum absolute atomic E-state index is 14.9. The third-order valence-corrected chi connectivity index (χ3v) is 14.7. The van der Waals surface area contributed by atoms with Crippen molar-refractivity contribution < 1.29 is 47.4 Å². The Kier molecular flexibility index (Phi) is 15.9. The quantitative estimate of drug-likeness (QED) is 0.0296.